The molecule has 0 amide bonds. The lowest BCUT2D eigenvalue weighted by Crippen LogP contribution is -2.29. The summed E-state index contributed by atoms with van der Waals surface area (Å²) in [6.07, 6.45) is 1.36. The van der Waals surface area contributed by atoms with Gasteiger partial charge in [0.2, 0.25) is 0 Å². The first kappa shape index (κ1) is 16.0. The number of nitrogens with zero attached hydrogens (tertiary/aromatic N) is 1. The van der Waals surface area contributed by atoms with Crippen molar-refractivity contribution in [2.45, 2.75) is 33.4 Å². The molecule has 6 heteroatoms. The zero-order valence-corrected chi connectivity index (χ0v) is 13.1. The second kappa shape index (κ2) is 6.62. The van der Waals surface area contributed by atoms with Crippen LogP contribution in [-0.4, -0.2) is 22.2 Å². The van der Waals surface area contributed by atoms with Crippen LogP contribution in [-0.2, 0) is 6.54 Å². The minimum absolute atomic E-state index is 0.118. The molecule has 6 nitrogen and oxygen atoms in total. The molecule has 0 bridgehead atoms. The number of rotatable bonds is 5. The Balaban J connectivity index is 2.44. The van der Waals surface area contributed by atoms with Crippen LogP contribution in [0.25, 0.3) is 0 Å². The van der Waals surface area contributed by atoms with Crippen molar-refractivity contribution >= 4 is 0 Å². The molecule has 0 saturated carbocycles. The Morgan fingerprint density at radius 3 is 2.68 bits per heavy atom. The van der Waals surface area contributed by atoms with Crippen molar-refractivity contribution in [1.82, 2.24) is 9.55 Å². The molecule has 3 N–H and O–H groups in total. The lowest BCUT2D eigenvalue weighted by atomic mass is 10.1. The molecule has 1 heterocycles. The Morgan fingerprint density at radius 2 is 2.05 bits per heavy atom. The molecular weight excluding hydrogens is 282 g/mol. The number of aromatic nitrogens is 2. The van der Waals surface area contributed by atoms with Crippen molar-refractivity contribution in [3.63, 3.8) is 0 Å². The van der Waals surface area contributed by atoms with Crippen LogP contribution in [0.1, 0.15) is 23.6 Å². The minimum atomic E-state index is -0.440. The van der Waals surface area contributed by atoms with E-state index in [1.165, 1.54) is 16.8 Å². The van der Waals surface area contributed by atoms with Crippen molar-refractivity contribution in [1.29, 1.82) is 0 Å². The molecule has 0 radical (unpaired) electrons. The number of hydrogen-bond donors (Lipinski definition) is 2. The summed E-state index contributed by atoms with van der Waals surface area (Å²) in [7, 11) is 0. The molecule has 2 rings (SSSR count). The summed E-state index contributed by atoms with van der Waals surface area (Å²) >= 11 is 0. The number of ether oxygens (including phenoxy) is 1. The molecule has 0 saturated heterocycles. The highest BCUT2D eigenvalue weighted by molar-refractivity contribution is 5.44. The van der Waals surface area contributed by atoms with Crippen LogP contribution in [0.4, 0.5) is 0 Å². The fraction of sp³-hybridized carbons (Fsp3) is 0.375. The first-order chi connectivity index (χ1) is 10.4. The highest BCUT2D eigenvalue weighted by Crippen LogP contribution is 2.27. The van der Waals surface area contributed by atoms with Crippen LogP contribution < -0.4 is 21.7 Å². The van der Waals surface area contributed by atoms with Crippen molar-refractivity contribution < 1.29 is 4.74 Å². The van der Waals surface area contributed by atoms with E-state index in [1.807, 2.05) is 32.9 Å². The van der Waals surface area contributed by atoms with Gasteiger partial charge in [-0.25, -0.2) is 4.79 Å². The molecule has 0 aliphatic carbocycles. The second-order valence-corrected chi connectivity index (χ2v) is 5.47. The Hall–Kier alpha value is -2.34. The van der Waals surface area contributed by atoms with Gasteiger partial charge in [-0.1, -0.05) is 17.7 Å². The molecule has 0 aliphatic heterocycles. The van der Waals surface area contributed by atoms with Gasteiger partial charge in [-0.05, 0) is 26.3 Å². The monoisotopic (exact) mass is 303 g/mol. The van der Waals surface area contributed by atoms with E-state index in [2.05, 4.69) is 4.98 Å². The Bertz CT molecular complexity index is 777. The minimum Gasteiger partial charge on any atom is -0.489 e. The van der Waals surface area contributed by atoms with E-state index >= 15 is 0 Å². The fourth-order valence-corrected chi connectivity index (χ4v) is 2.33. The Kier molecular flexibility index (Phi) is 4.82. The molecule has 0 spiro atoms. The summed E-state index contributed by atoms with van der Waals surface area (Å²) in [5.74, 6) is 0.738. The highest BCUT2D eigenvalue weighted by atomic mass is 16.5. The van der Waals surface area contributed by atoms with Gasteiger partial charge in [-0.15, -0.1) is 0 Å². The maximum absolute atomic E-state index is 11.9. The highest BCUT2D eigenvalue weighted by Gasteiger charge is 2.12. The smallest absolute Gasteiger partial charge is 0.328 e. The van der Waals surface area contributed by atoms with Crippen LogP contribution >= 0.6 is 0 Å². The molecule has 118 valence electrons. The molecule has 2 aromatic rings. The molecule has 0 aliphatic rings. The summed E-state index contributed by atoms with van der Waals surface area (Å²) in [5.41, 5.74) is 7.73. The van der Waals surface area contributed by atoms with E-state index < -0.39 is 11.2 Å². The number of benzene rings is 1. The van der Waals surface area contributed by atoms with Crippen molar-refractivity contribution in [2.75, 3.05) is 6.54 Å². The van der Waals surface area contributed by atoms with Crippen molar-refractivity contribution in [2.24, 2.45) is 5.73 Å². The number of nitrogens with one attached hydrogen (secondary N) is 1. The average molecular weight is 303 g/mol. The number of H-pyrrole nitrogens is 1. The van der Waals surface area contributed by atoms with Gasteiger partial charge in [-0.3, -0.25) is 14.3 Å². The molecule has 1 atom stereocenters. The number of hydrogen-bond acceptors (Lipinski definition) is 4. The number of aryl methyl sites for hydroxylation is 2. The number of aromatic amines is 1. The Morgan fingerprint density at radius 1 is 1.32 bits per heavy atom. The quantitative estimate of drug-likeness (QED) is 0.859. The second-order valence-electron chi connectivity index (χ2n) is 5.47. The first-order valence-corrected chi connectivity index (χ1v) is 7.17. The predicted octanol–water partition coefficient (Wildman–Crippen LogP) is 0.928. The third-order valence-corrected chi connectivity index (χ3v) is 3.38. The van der Waals surface area contributed by atoms with E-state index in [4.69, 9.17) is 10.5 Å². The zero-order chi connectivity index (χ0) is 16.3. The van der Waals surface area contributed by atoms with Gasteiger partial charge in [0.1, 0.15) is 11.9 Å². The van der Waals surface area contributed by atoms with Gasteiger partial charge < -0.3 is 10.5 Å². The largest absolute Gasteiger partial charge is 0.489 e. The summed E-state index contributed by atoms with van der Waals surface area (Å²) < 4.78 is 7.34. The molecule has 1 aromatic heterocycles. The molecule has 0 fully saturated rings. The van der Waals surface area contributed by atoms with E-state index in [0.29, 0.717) is 13.1 Å². The summed E-state index contributed by atoms with van der Waals surface area (Å²) in [6, 6.07) is 5.33. The van der Waals surface area contributed by atoms with Crippen LogP contribution in [0.15, 0.2) is 34.0 Å². The average Bonchev–Trinajstić information content (AvgIpc) is 2.45. The molecule has 1 unspecified atom stereocenters. The van der Waals surface area contributed by atoms with Gasteiger partial charge in [0.25, 0.3) is 5.56 Å². The molecule has 1 aromatic carbocycles. The van der Waals surface area contributed by atoms with Crippen LogP contribution in [0.5, 0.6) is 5.75 Å². The third-order valence-electron chi connectivity index (χ3n) is 3.38. The van der Waals surface area contributed by atoms with E-state index in [0.717, 1.165) is 22.4 Å². The summed E-state index contributed by atoms with van der Waals surface area (Å²) in [4.78, 5) is 25.2. The fourth-order valence-electron chi connectivity index (χ4n) is 2.33. The summed E-state index contributed by atoms with van der Waals surface area (Å²) in [6.45, 7) is 6.58. The maximum atomic E-state index is 11.9. The van der Waals surface area contributed by atoms with Gasteiger partial charge in [0.05, 0.1) is 6.54 Å². The third kappa shape index (κ3) is 3.65. The molecule has 22 heavy (non-hydrogen) atoms. The van der Waals surface area contributed by atoms with Gasteiger partial charge in [0, 0.05) is 24.4 Å². The van der Waals surface area contributed by atoms with E-state index in [9.17, 15) is 9.59 Å². The van der Waals surface area contributed by atoms with Crippen molar-refractivity contribution in [3.05, 3.63) is 61.9 Å². The van der Waals surface area contributed by atoms with Gasteiger partial charge in [-0.2, -0.15) is 0 Å². The van der Waals surface area contributed by atoms with Crippen LogP contribution in [0.3, 0.4) is 0 Å². The zero-order valence-electron chi connectivity index (χ0n) is 13.1. The Labute approximate surface area is 128 Å². The lowest BCUT2D eigenvalue weighted by Gasteiger charge is -2.19. The van der Waals surface area contributed by atoms with Gasteiger partial charge in [0.15, 0.2) is 0 Å². The molecular formula is C16H21N3O3. The standard InChI is InChI=1S/C16H21N3O3/c1-10-6-11(2)15(22-12(3)8-17)13(7-10)9-19-5-4-14(20)18-16(19)21/h4-7,12H,8-9,17H2,1-3H3,(H,18,20,21). The normalized spacial score (nSPS) is 12.2. The summed E-state index contributed by atoms with van der Waals surface area (Å²) in [5, 5.41) is 0. The van der Waals surface area contributed by atoms with E-state index in [1.54, 1.807) is 0 Å². The SMILES string of the molecule is Cc1cc(C)c(OC(C)CN)c(Cn2ccc(=O)[nH]c2=O)c1. The predicted molar refractivity (Wildman–Crippen MR) is 85.5 cm³/mol. The maximum Gasteiger partial charge on any atom is 0.328 e. The lowest BCUT2D eigenvalue weighted by molar-refractivity contribution is 0.225. The topological polar surface area (TPSA) is 90.1 Å². The van der Waals surface area contributed by atoms with Crippen LogP contribution in [0.2, 0.25) is 0 Å². The van der Waals surface area contributed by atoms with Crippen LogP contribution in [0, 0.1) is 13.8 Å². The van der Waals surface area contributed by atoms with Crippen molar-refractivity contribution in [3.8, 4) is 5.75 Å². The first-order valence-electron chi connectivity index (χ1n) is 7.17. The van der Waals surface area contributed by atoms with Gasteiger partial charge >= 0.3 is 5.69 Å². The van der Waals surface area contributed by atoms with E-state index in [-0.39, 0.29) is 6.10 Å². The number of nitrogens with two attached hydrogens (primary N) is 1.